The standard InChI is InChI=1S/C31H32N4O3S/c1-19-14-25(34-28(15-19)35-27-17-21(11-13-32-27)20-6-3-2-4-7-20)26-18-33-30(39-26)31(38)12-5-8-22-16-23(29(36)37)9-10-24(22)31/h9-11,13-18,20,38H,2-8,12H2,1H3,(H,36,37)(H,32,34,35)/t31-/m1/s1. The van der Waals surface area contributed by atoms with Crippen molar-refractivity contribution in [2.24, 2.45) is 0 Å². The molecule has 1 aromatic carbocycles. The number of fused-ring (bicyclic) bond motifs is 1. The van der Waals surface area contributed by atoms with Crippen LogP contribution in [0.25, 0.3) is 10.6 Å². The molecule has 1 fully saturated rings. The van der Waals surface area contributed by atoms with Crippen molar-refractivity contribution >= 4 is 28.9 Å². The van der Waals surface area contributed by atoms with Crippen molar-refractivity contribution in [1.82, 2.24) is 15.0 Å². The molecule has 7 nitrogen and oxygen atoms in total. The Kier molecular flexibility index (Phi) is 6.91. The Labute approximate surface area is 232 Å². The fourth-order valence-electron chi connectivity index (χ4n) is 6.01. The zero-order valence-corrected chi connectivity index (χ0v) is 22.8. The Morgan fingerprint density at radius 1 is 1.03 bits per heavy atom. The summed E-state index contributed by atoms with van der Waals surface area (Å²) in [6.45, 7) is 2.04. The minimum absolute atomic E-state index is 0.237. The van der Waals surface area contributed by atoms with Gasteiger partial charge in [0.2, 0.25) is 0 Å². The summed E-state index contributed by atoms with van der Waals surface area (Å²) in [5.74, 6) is 1.15. The normalized spacial score (nSPS) is 19.4. The lowest BCUT2D eigenvalue weighted by molar-refractivity contribution is 0.0607. The molecule has 0 spiro atoms. The van der Waals surface area contributed by atoms with Crippen LogP contribution < -0.4 is 5.32 Å². The molecule has 0 amide bonds. The maximum atomic E-state index is 11.8. The fourth-order valence-corrected chi connectivity index (χ4v) is 7.02. The molecule has 6 rings (SSSR count). The van der Waals surface area contributed by atoms with Gasteiger partial charge in [-0.1, -0.05) is 25.3 Å². The second-order valence-corrected chi connectivity index (χ2v) is 11.8. The van der Waals surface area contributed by atoms with Gasteiger partial charge in [-0.2, -0.15) is 0 Å². The molecule has 39 heavy (non-hydrogen) atoms. The number of nitrogens with zero attached hydrogens (tertiary/aromatic N) is 3. The number of anilines is 2. The molecule has 1 saturated carbocycles. The molecule has 2 aliphatic rings. The molecule has 8 heteroatoms. The van der Waals surface area contributed by atoms with Crippen molar-refractivity contribution < 1.29 is 15.0 Å². The molecule has 1 atom stereocenters. The number of rotatable bonds is 6. The molecular formula is C31H32N4O3S. The van der Waals surface area contributed by atoms with E-state index in [4.69, 9.17) is 4.98 Å². The van der Waals surface area contributed by atoms with E-state index < -0.39 is 11.6 Å². The zero-order valence-electron chi connectivity index (χ0n) is 22.0. The van der Waals surface area contributed by atoms with Crippen LogP contribution in [0, 0.1) is 6.92 Å². The van der Waals surface area contributed by atoms with Gasteiger partial charge in [0.25, 0.3) is 0 Å². The lowest BCUT2D eigenvalue weighted by Crippen LogP contribution is -2.32. The van der Waals surface area contributed by atoms with Gasteiger partial charge in [0.15, 0.2) is 0 Å². The average molecular weight is 541 g/mol. The first-order valence-electron chi connectivity index (χ1n) is 13.7. The van der Waals surface area contributed by atoms with E-state index in [2.05, 4.69) is 27.4 Å². The van der Waals surface area contributed by atoms with Crippen LogP contribution in [0.2, 0.25) is 0 Å². The Morgan fingerprint density at radius 3 is 2.69 bits per heavy atom. The molecule has 4 aromatic rings. The summed E-state index contributed by atoms with van der Waals surface area (Å²) in [5, 5.41) is 25.2. The van der Waals surface area contributed by atoms with Gasteiger partial charge in [-0.05, 0) is 104 Å². The first-order valence-corrected chi connectivity index (χ1v) is 14.5. The van der Waals surface area contributed by atoms with Crippen LogP contribution in [-0.2, 0) is 12.0 Å². The minimum Gasteiger partial charge on any atom is -0.478 e. The van der Waals surface area contributed by atoms with Crippen molar-refractivity contribution in [2.75, 3.05) is 5.32 Å². The molecule has 2 aliphatic carbocycles. The molecule has 200 valence electrons. The number of hydrogen-bond donors (Lipinski definition) is 3. The molecule has 0 unspecified atom stereocenters. The highest BCUT2D eigenvalue weighted by Gasteiger charge is 2.39. The average Bonchev–Trinajstić information content (AvgIpc) is 3.45. The largest absolute Gasteiger partial charge is 0.478 e. The summed E-state index contributed by atoms with van der Waals surface area (Å²) in [5.41, 5.74) is 3.77. The third-order valence-corrected chi connectivity index (χ3v) is 9.15. The Bertz CT molecular complexity index is 1530. The topological polar surface area (TPSA) is 108 Å². The van der Waals surface area contributed by atoms with Crippen molar-refractivity contribution in [1.29, 1.82) is 0 Å². The summed E-state index contributed by atoms with van der Waals surface area (Å²) in [4.78, 5) is 26.4. The maximum absolute atomic E-state index is 11.8. The summed E-state index contributed by atoms with van der Waals surface area (Å²) in [6.07, 6.45) is 12.1. The van der Waals surface area contributed by atoms with E-state index in [0.29, 0.717) is 17.3 Å². The van der Waals surface area contributed by atoms with E-state index in [9.17, 15) is 15.0 Å². The molecular weight excluding hydrogens is 508 g/mol. The number of carboxylic acid groups (broad SMARTS) is 1. The quantitative estimate of drug-likeness (QED) is 0.242. The predicted octanol–water partition coefficient (Wildman–Crippen LogP) is 6.97. The highest BCUT2D eigenvalue weighted by atomic mass is 32.1. The molecule has 3 heterocycles. The number of aromatic carboxylic acids is 1. The summed E-state index contributed by atoms with van der Waals surface area (Å²) in [7, 11) is 0. The first-order chi connectivity index (χ1) is 18.9. The van der Waals surface area contributed by atoms with Crippen LogP contribution in [0.5, 0.6) is 0 Å². The van der Waals surface area contributed by atoms with Gasteiger partial charge < -0.3 is 15.5 Å². The maximum Gasteiger partial charge on any atom is 0.335 e. The highest BCUT2D eigenvalue weighted by molar-refractivity contribution is 7.15. The van der Waals surface area contributed by atoms with Gasteiger partial charge in [0.05, 0.1) is 16.1 Å². The van der Waals surface area contributed by atoms with E-state index >= 15 is 0 Å². The van der Waals surface area contributed by atoms with Crippen LogP contribution >= 0.6 is 11.3 Å². The van der Waals surface area contributed by atoms with Crippen molar-refractivity contribution in [3.63, 3.8) is 0 Å². The minimum atomic E-state index is -1.25. The van der Waals surface area contributed by atoms with Crippen LogP contribution in [0.3, 0.4) is 0 Å². The Hall–Kier alpha value is -3.62. The van der Waals surface area contributed by atoms with Crippen LogP contribution in [0.1, 0.15) is 88.5 Å². The molecule has 0 saturated heterocycles. The fraction of sp³-hybridized carbons (Fsp3) is 0.355. The highest BCUT2D eigenvalue weighted by Crippen LogP contribution is 2.44. The van der Waals surface area contributed by atoms with Crippen LogP contribution in [0.4, 0.5) is 11.6 Å². The number of pyridine rings is 2. The predicted molar refractivity (Wildman–Crippen MR) is 153 cm³/mol. The van der Waals surface area contributed by atoms with Gasteiger partial charge in [-0.25, -0.2) is 19.7 Å². The number of benzene rings is 1. The van der Waals surface area contributed by atoms with Gasteiger partial charge in [0, 0.05) is 12.4 Å². The van der Waals surface area contributed by atoms with E-state index in [1.807, 2.05) is 25.3 Å². The van der Waals surface area contributed by atoms with Gasteiger partial charge >= 0.3 is 5.97 Å². The zero-order chi connectivity index (χ0) is 27.0. The number of thiazole rings is 1. The first kappa shape index (κ1) is 25.6. The van der Waals surface area contributed by atoms with Gasteiger partial charge in [-0.3, -0.25) is 0 Å². The van der Waals surface area contributed by atoms with Gasteiger partial charge in [-0.15, -0.1) is 11.3 Å². The van der Waals surface area contributed by atoms with Crippen molar-refractivity contribution in [2.45, 2.75) is 69.8 Å². The number of carbonyl (C=O) groups is 1. The number of aromatic nitrogens is 3. The number of carboxylic acids is 1. The van der Waals surface area contributed by atoms with Crippen molar-refractivity contribution in [3.05, 3.63) is 87.7 Å². The third-order valence-electron chi connectivity index (χ3n) is 7.98. The smallest absolute Gasteiger partial charge is 0.335 e. The van der Waals surface area contributed by atoms with Crippen LogP contribution in [0.15, 0.2) is 54.9 Å². The van der Waals surface area contributed by atoms with E-state index in [-0.39, 0.29) is 5.56 Å². The number of aliphatic hydroxyl groups is 1. The molecule has 3 N–H and O–H groups in total. The summed E-state index contributed by atoms with van der Waals surface area (Å²) < 4.78 is 0. The molecule has 0 bridgehead atoms. The van der Waals surface area contributed by atoms with Crippen LogP contribution in [-0.4, -0.2) is 31.1 Å². The SMILES string of the molecule is Cc1cc(Nc2cc(C3CCCCC3)ccn2)nc(-c2cnc([C@@]3(O)CCCc4cc(C(=O)O)ccc43)s2)c1. The van der Waals surface area contributed by atoms with Gasteiger partial charge in [0.1, 0.15) is 22.2 Å². The molecule has 3 aromatic heterocycles. The molecule has 0 aliphatic heterocycles. The van der Waals surface area contributed by atoms with Crippen molar-refractivity contribution in [3.8, 4) is 10.6 Å². The monoisotopic (exact) mass is 540 g/mol. The molecule has 0 radical (unpaired) electrons. The second kappa shape index (κ2) is 10.5. The lowest BCUT2D eigenvalue weighted by Gasteiger charge is -2.33. The Balaban J connectivity index is 1.27. The third kappa shape index (κ3) is 5.18. The summed E-state index contributed by atoms with van der Waals surface area (Å²) in [6, 6.07) is 13.3. The number of aryl methyl sites for hydroxylation is 2. The lowest BCUT2D eigenvalue weighted by atomic mass is 9.79. The van der Waals surface area contributed by atoms with E-state index in [0.717, 1.165) is 51.7 Å². The second-order valence-electron chi connectivity index (χ2n) is 10.8. The van der Waals surface area contributed by atoms with E-state index in [1.165, 1.54) is 49.0 Å². The Morgan fingerprint density at radius 2 is 1.87 bits per heavy atom. The summed E-state index contributed by atoms with van der Waals surface area (Å²) >= 11 is 1.43. The number of nitrogens with one attached hydrogen (secondary N) is 1. The number of hydrogen-bond acceptors (Lipinski definition) is 7. The van der Waals surface area contributed by atoms with E-state index in [1.54, 1.807) is 24.4 Å².